The van der Waals surface area contributed by atoms with Crippen molar-refractivity contribution in [3.8, 4) is 0 Å². The van der Waals surface area contributed by atoms with Crippen molar-refractivity contribution >= 4 is 38.8 Å². The van der Waals surface area contributed by atoms with E-state index in [9.17, 15) is 0 Å². The molecule has 0 aliphatic carbocycles. The normalized spacial score (nSPS) is 11.4. The zero-order valence-corrected chi connectivity index (χ0v) is 11.0. The summed E-state index contributed by atoms with van der Waals surface area (Å²) >= 11 is 11.4. The first kappa shape index (κ1) is 11.8. The van der Waals surface area contributed by atoms with E-state index in [1.807, 2.05) is 6.08 Å². The van der Waals surface area contributed by atoms with Crippen molar-refractivity contribution in [2.75, 3.05) is 0 Å². The fourth-order valence-corrected chi connectivity index (χ4v) is 3.13. The van der Waals surface area contributed by atoms with Crippen molar-refractivity contribution in [1.29, 1.82) is 0 Å². The fourth-order valence-electron chi connectivity index (χ4n) is 1.28. The summed E-state index contributed by atoms with van der Waals surface area (Å²) in [7, 11) is -0.302. The SMILES string of the molecule is C=Cc1ccc(CC[SiH2]C(Cl)Cl)cc1. The minimum atomic E-state index is -0.302. The lowest BCUT2D eigenvalue weighted by molar-refractivity contribution is 1.12. The molecule has 14 heavy (non-hydrogen) atoms. The van der Waals surface area contributed by atoms with Crippen molar-refractivity contribution < 1.29 is 0 Å². The van der Waals surface area contributed by atoms with Crippen LogP contribution in [0.15, 0.2) is 30.8 Å². The molecule has 0 saturated carbocycles. The molecule has 1 aromatic carbocycles. The molecule has 0 atom stereocenters. The van der Waals surface area contributed by atoms with Crippen LogP contribution in [0, 0.1) is 0 Å². The van der Waals surface area contributed by atoms with Gasteiger partial charge in [0.05, 0.1) is 14.0 Å². The topological polar surface area (TPSA) is 0 Å². The van der Waals surface area contributed by atoms with Gasteiger partial charge in [0.15, 0.2) is 0 Å². The second kappa shape index (κ2) is 6.28. The molecule has 0 spiro atoms. The van der Waals surface area contributed by atoms with Crippen LogP contribution in [0.5, 0.6) is 0 Å². The van der Waals surface area contributed by atoms with Crippen LogP contribution in [0.4, 0.5) is 0 Å². The van der Waals surface area contributed by atoms with E-state index in [1.54, 1.807) is 0 Å². The standard InChI is InChI=1S/C11H14Cl2Si/c1-2-9-3-5-10(6-4-9)7-8-14-11(12)13/h2-6,11H,1,7-8,14H2. The number of aryl methyl sites for hydroxylation is 1. The summed E-state index contributed by atoms with van der Waals surface area (Å²) < 4.78 is -0.0950. The average molecular weight is 245 g/mol. The van der Waals surface area contributed by atoms with Gasteiger partial charge in [0.2, 0.25) is 0 Å². The monoisotopic (exact) mass is 244 g/mol. The van der Waals surface area contributed by atoms with Crippen molar-refractivity contribution in [2.24, 2.45) is 0 Å². The maximum atomic E-state index is 5.71. The van der Waals surface area contributed by atoms with Gasteiger partial charge in [-0.1, -0.05) is 43.0 Å². The lowest BCUT2D eigenvalue weighted by Crippen LogP contribution is -2.02. The molecule has 0 aromatic heterocycles. The maximum absolute atomic E-state index is 5.71. The number of benzene rings is 1. The highest BCUT2D eigenvalue weighted by Crippen LogP contribution is 2.09. The molecule has 0 nitrogen and oxygen atoms in total. The summed E-state index contributed by atoms with van der Waals surface area (Å²) in [6, 6.07) is 9.63. The van der Waals surface area contributed by atoms with Gasteiger partial charge in [-0.25, -0.2) is 0 Å². The van der Waals surface area contributed by atoms with Gasteiger partial charge in [-0.15, -0.1) is 23.2 Å². The molecule has 3 heteroatoms. The summed E-state index contributed by atoms with van der Waals surface area (Å²) in [5.74, 6) is 0. The van der Waals surface area contributed by atoms with Gasteiger partial charge < -0.3 is 0 Å². The summed E-state index contributed by atoms with van der Waals surface area (Å²) in [5, 5.41) is 0. The van der Waals surface area contributed by atoms with Crippen LogP contribution < -0.4 is 0 Å². The van der Waals surface area contributed by atoms with Crippen LogP contribution in [0.3, 0.4) is 0 Å². The quantitative estimate of drug-likeness (QED) is 0.552. The van der Waals surface area contributed by atoms with Crippen LogP contribution >= 0.6 is 23.2 Å². The molecule has 0 unspecified atom stereocenters. The predicted octanol–water partition coefficient (Wildman–Crippen LogP) is 3.22. The molecule has 0 aliphatic heterocycles. The number of alkyl halides is 2. The number of hydrogen-bond donors (Lipinski definition) is 0. The Morgan fingerprint density at radius 1 is 1.29 bits per heavy atom. The summed E-state index contributed by atoms with van der Waals surface area (Å²) in [6.45, 7) is 3.72. The molecule has 1 aromatic rings. The largest absolute Gasteiger partial charge is 0.110 e. The maximum Gasteiger partial charge on any atom is 0.0908 e. The molecule has 0 N–H and O–H groups in total. The third-order valence-electron chi connectivity index (χ3n) is 2.10. The van der Waals surface area contributed by atoms with E-state index < -0.39 is 0 Å². The van der Waals surface area contributed by atoms with Crippen LogP contribution in [-0.2, 0) is 6.42 Å². The zero-order chi connectivity index (χ0) is 10.4. The van der Waals surface area contributed by atoms with Crippen molar-refractivity contribution in [3.63, 3.8) is 0 Å². The Hall–Kier alpha value is -0.243. The van der Waals surface area contributed by atoms with E-state index in [4.69, 9.17) is 23.2 Å². The first-order valence-corrected chi connectivity index (χ1v) is 7.41. The molecular weight excluding hydrogens is 231 g/mol. The molecule has 0 heterocycles. The van der Waals surface area contributed by atoms with Gasteiger partial charge in [0, 0.05) is 0 Å². The Morgan fingerprint density at radius 3 is 2.43 bits per heavy atom. The fraction of sp³-hybridized carbons (Fsp3) is 0.273. The van der Waals surface area contributed by atoms with E-state index >= 15 is 0 Å². The van der Waals surface area contributed by atoms with Gasteiger partial charge in [-0.05, 0) is 17.5 Å². The summed E-state index contributed by atoms with van der Waals surface area (Å²) in [4.78, 5) is 0. The Balaban J connectivity index is 2.40. The first-order chi connectivity index (χ1) is 6.72. The van der Waals surface area contributed by atoms with Crippen LogP contribution in [0.1, 0.15) is 11.1 Å². The smallest absolute Gasteiger partial charge is 0.0908 e. The molecule has 0 saturated heterocycles. The second-order valence-corrected chi connectivity index (χ2v) is 7.64. The lowest BCUT2D eigenvalue weighted by atomic mass is 10.1. The highest BCUT2D eigenvalue weighted by molar-refractivity contribution is 6.68. The van der Waals surface area contributed by atoms with E-state index in [0.29, 0.717) is 0 Å². The molecule has 0 radical (unpaired) electrons. The minimum Gasteiger partial charge on any atom is -0.110 e. The summed E-state index contributed by atoms with van der Waals surface area (Å²) in [5.41, 5.74) is 2.52. The highest BCUT2D eigenvalue weighted by atomic mass is 35.5. The molecule has 1 rings (SSSR count). The average Bonchev–Trinajstić information content (AvgIpc) is 2.18. The van der Waals surface area contributed by atoms with Gasteiger partial charge in [-0.2, -0.15) is 0 Å². The number of hydrogen-bond acceptors (Lipinski definition) is 0. The van der Waals surface area contributed by atoms with Gasteiger partial charge in [-0.3, -0.25) is 0 Å². The Labute approximate surface area is 97.7 Å². The highest BCUT2D eigenvalue weighted by Gasteiger charge is 1.99. The van der Waals surface area contributed by atoms with Crippen molar-refractivity contribution in [2.45, 2.75) is 16.9 Å². The molecule has 0 amide bonds. The molecule has 0 fully saturated rings. The molecule has 0 aliphatic rings. The molecule has 76 valence electrons. The third-order valence-corrected chi connectivity index (χ3v) is 4.61. The number of rotatable bonds is 5. The minimum absolute atomic E-state index is 0.0950. The second-order valence-electron chi connectivity index (χ2n) is 3.23. The molecular formula is C11H14Cl2Si. The Kier molecular flexibility index (Phi) is 5.31. The van der Waals surface area contributed by atoms with Crippen molar-refractivity contribution in [3.05, 3.63) is 42.0 Å². The lowest BCUT2D eigenvalue weighted by Gasteiger charge is -2.02. The number of halogens is 2. The van der Waals surface area contributed by atoms with Gasteiger partial charge >= 0.3 is 0 Å². The van der Waals surface area contributed by atoms with E-state index in [-0.39, 0.29) is 14.0 Å². The Morgan fingerprint density at radius 2 is 1.93 bits per heavy atom. The first-order valence-electron chi connectivity index (χ1n) is 4.72. The van der Waals surface area contributed by atoms with Gasteiger partial charge in [0.25, 0.3) is 0 Å². The zero-order valence-electron chi connectivity index (χ0n) is 8.05. The predicted molar refractivity (Wildman–Crippen MR) is 69.1 cm³/mol. The van der Waals surface area contributed by atoms with E-state index in [1.165, 1.54) is 17.2 Å². The van der Waals surface area contributed by atoms with Gasteiger partial charge in [0.1, 0.15) is 0 Å². The van der Waals surface area contributed by atoms with Crippen LogP contribution in [0.2, 0.25) is 6.04 Å². The Bertz CT molecular complexity index is 280. The summed E-state index contributed by atoms with van der Waals surface area (Å²) in [6.07, 6.45) is 2.95. The van der Waals surface area contributed by atoms with E-state index in [0.717, 1.165) is 6.42 Å². The van der Waals surface area contributed by atoms with E-state index in [2.05, 4.69) is 30.8 Å². The van der Waals surface area contributed by atoms with Crippen LogP contribution in [0.25, 0.3) is 6.08 Å². The van der Waals surface area contributed by atoms with Crippen LogP contribution in [-0.4, -0.2) is 14.0 Å². The molecule has 0 bridgehead atoms. The van der Waals surface area contributed by atoms with Crippen molar-refractivity contribution in [1.82, 2.24) is 0 Å². The third kappa shape index (κ3) is 4.31.